The van der Waals surface area contributed by atoms with Gasteiger partial charge >= 0.3 is 0 Å². The van der Waals surface area contributed by atoms with E-state index in [4.69, 9.17) is 11.5 Å². The van der Waals surface area contributed by atoms with Crippen molar-refractivity contribution < 1.29 is 4.79 Å². The summed E-state index contributed by atoms with van der Waals surface area (Å²) in [5, 5.41) is 0. The number of anilines is 2. The lowest BCUT2D eigenvalue weighted by Crippen LogP contribution is -2.47. The molecule has 5 heteroatoms. The van der Waals surface area contributed by atoms with Gasteiger partial charge in [-0.2, -0.15) is 0 Å². The Hall–Kier alpha value is -1.75. The standard InChI is InChI=1S/C14H22N4O/c1-2-6-17-7-9-18(10-8-17)13-11(14(16)19)4-3-5-12(13)15/h3-5H,2,6-10,15H2,1H3,(H2,16,19). The smallest absolute Gasteiger partial charge is 0.250 e. The highest BCUT2D eigenvalue weighted by atomic mass is 16.1. The van der Waals surface area contributed by atoms with Crippen LogP contribution in [0.2, 0.25) is 0 Å². The first-order valence-electron chi connectivity index (χ1n) is 6.79. The average Bonchev–Trinajstić information content (AvgIpc) is 2.40. The summed E-state index contributed by atoms with van der Waals surface area (Å²) >= 11 is 0. The van der Waals surface area contributed by atoms with Gasteiger partial charge in [-0.15, -0.1) is 0 Å². The van der Waals surface area contributed by atoms with Crippen LogP contribution in [0.4, 0.5) is 11.4 Å². The third-order valence-electron chi connectivity index (χ3n) is 3.56. The lowest BCUT2D eigenvalue weighted by Gasteiger charge is -2.37. The van der Waals surface area contributed by atoms with Gasteiger partial charge in [-0.3, -0.25) is 9.69 Å². The number of nitrogens with zero attached hydrogens (tertiary/aromatic N) is 2. The number of nitrogen functional groups attached to an aromatic ring is 1. The van der Waals surface area contributed by atoms with Gasteiger partial charge in [0.1, 0.15) is 0 Å². The summed E-state index contributed by atoms with van der Waals surface area (Å²) in [6.45, 7) is 7.08. The molecule has 1 saturated heterocycles. The first-order chi connectivity index (χ1) is 9.13. The van der Waals surface area contributed by atoms with Gasteiger partial charge in [-0.25, -0.2) is 0 Å². The van der Waals surface area contributed by atoms with Crippen LogP contribution in [-0.2, 0) is 0 Å². The van der Waals surface area contributed by atoms with Crippen LogP contribution in [-0.4, -0.2) is 43.5 Å². The van der Waals surface area contributed by atoms with E-state index in [9.17, 15) is 4.79 Å². The van der Waals surface area contributed by atoms with E-state index < -0.39 is 5.91 Å². The molecule has 104 valence electrons. The highest BCUT2D eigenvalue weighted by Crippen LogP contribution is 2.28. The molecule has 0 aliphatic carbocycles. The van der Waals surface area contributed by atoms with Crippen molar-refractivity contribution in [3.8, 4) is 0 Å². The molecule has 0 spiro atoms. The summed E-state index contributed by atoms with van der Waals surface area (Å²) in [6.07, 6.45) is 1.17. The number of amides is 1. The van der Waals surface area contributed by atoms with Gasteiger partial charge in [-0.05, 0) is 25.1 Å². The van der Waals surface area contributed by atoms with E-state index in [0.717, 1.165) is 38.4 Å². The van der Waals surface area contributed by atoms with Crippen molar-refractivity contribution in [2.75, 3.05) is 43.4 Å². The van der Waals surface area contributed by atoms with E-state index >= 15 is 0 Å². The first-order valence-corrected chi connectivity index (χ1v) is 6.79. The largest absolute Gasteiger partial charge is 0.397 e. The van der Waals surface area contributed by atoms with Crippen molar-refractivity contribution in [2.45, 2.75) is 13.3 Å². The van der Waals surface area contributed by atoms with E-state index in [1.54, 1.807) is 12.1 Å². The minimum Gasteiger partial charge on any atom is -0.397 e. The molecule has 5 nitrogen and oxygen atoms in total. The summed E-state index contributed by atoms with van der Waals surface area (Å²) in [5.74, 6) is -0.418. The topological polar surface area (TPSA) is 75.6 Å². The van der Waals surface area contributed by atoms with E-state index in [1.165, 1.54) is 6.42 Å². The number of hydrogen-bond acceptors (Lipinski definition) is 4. The molecule has 1 heterocycles. The number of carbonyl (C=O) groups excluding carboxylic acids is 1. The van der Waals surface area contributed by atoms with Crippen molar-refractivity contribution in [1.82, 2.24) is 4.90 Å². The Kier molecular flexibility index (Phi) is 4.27. The van der Waals surface area contributed by atoms with E-state index in [-0.39, 0.29) is 0 Å². The summed E-state index contributed by atoms with van der Waals surface area (Å²) in [7, 11) is 0. The second-order valence-electron chi connectivity index (χ2n) is 4.94. The van der Waals surface area contributed by atoms with Crippen molar-refractivity contribution in [3.63, 3.8) is 0 Å². The molecular weight excluding hydrogens is 240 g/mol. The Morgan fingerprint density at radius 3 is 2.53 bits per heavy atom. The van der Waals surface area contributed by atoms with Crippen molar-refractivity contribution in [2.24, 2.45) is 5.73 Å². The van der Waals surface area contributed by atoms with Gasteiger partial charge in [0.05, 0.1) is 16.9 Å². The summed E-state index contributed by atoms with van der Waals surface area (Å²) in [6, 6.07) is 5.33. The molecule has 0 radical (unpaired) electrons. The fourth-order valence-electron chi connectivity index (χ4n) is 2.62. The molecule has 2 rings (SSSR count). The Balaban J connectivity index is 2.17. The van der Waals surface area contributed by atoms with Gasteiger partial charge in [-0.1, -0.05) is 13.0 Å². The van der Waals surface area contributed by atoms with Gasteiger partial charge in [0.15, 0.2) is 0 Å². The van der Waals surface area contributed by atoms with Gasteiger partial charge < -0.3 is 16.4 Å². The molecule has 0 aromatic heterocycles. The molecular formula is C14H22N4O. The number of hydrogen-bond donors (Lipinski definition) is 2. The lowest BCUT2D eigenvalue weighted by atomic mass is 10.1. The summed E-state index contributed by atoms with van der Waals surface area (Å²) in [5.41, 5.74) is 13.4. The Labute approximate surface area is 114 Å². The molecule has 1 aromatic rings. The minimum absolute atomic E-state index is 0.418. The van der Waals surface area contributed by atoms with Crippen molar-refractivity contribution in [1.29, 1.82) is 0 Å². The zero-order chi connectivity index (χ0) is 13.8. The number of piperazine rings is 1. The second-order valence-corrected chi connectivity index (χ2v) is 4.94. The van der Waals surface area contributed by atoms with Crippen molar-refractivity contribution >= 4 is 17.3 Å². The molecule has 1 fully saturated rings. The predicted molar refractivity (Wildman–Crippen MR) is 78.3 cm³/mol. The normalized spacial score (nSPS) is 16.6. The molecule has 1 aliphatic heterocycles. The number of benzene rings is 1. The van der Waals surface area contributed by atoms with E-state index in [1.807, 2.05) is 6.07 Å². The molecule has 0 atom stereocenters. The van der Waals surface area contributed by atoms with Crippen LogP contribution in [0, 0.1) is 0 Å². The minimum atomic E-state index is -0.418. The fourth-order valence-corrected chi connectivity index (χ4v) is 2.62. The fraction of sp³-hybridized carbons (Fsp3) is 0.500. The lowest BCUT2D eigenvalue weighted by molar-refractivity contribution is 0.100. The highest BCUT2D eigenvalue weighted by Gasteiger charge is 2.22. The number of para-hydroxylation sites is 1. The van der Waals surface area contributed by atoms with E-state index in [2.05, 4.69) is 16.7 Å². The Morgan fingerprint density at radius 2 is 1.95 bits per heavy atom. The predicted octanol–water partition coefficient (Wildman–Crippen LogP) is 0.900. The molecule has 0 saturated carbocycles. The summed E-state index contributed by atoms with van der Waals surface area (Å²) in [4.78, 5) is 16.1. The first kappa shape index (κ1) is 13.7. The highest BCUT2D eigenvalue weighted by molar-refractivity contribution is 6.01. The average molecular weight is 262 g/mol. The molecule has 1 amide bonds. The molecule has 1 aromatic carbocycles. The zero-order valence-corrected chi connectivity index (χ0v) is 11.4. The van der Waals surface area contributed by atoms with Crippen LogP contribution < -0.4 is 16.4 Å². The summed E-state index contributed by atoms with van der Waals surface area (Å²) < 4.78 is 0. The number of nitrogens with two attached hydrogens (primary N) is 2. The number of primary amides is 1. The van der Waals surface area contributed by atoms with Crippen LogP contribution >= 0.6 is 0 Å². The quantitative estimate of drug-likeness (QED) is 0.791. The third-order valence-corrected chi connectivity index (χ3v) is 3.56. The maximum absolute atomic E-state index is 11.5. The number of carbonyl (C=O) groups is 1. The van der Waals surface area contributed by atoms with Crippen LogP contribution in [0.3, 0.4) is 0 Å². The molecule has 4 N–H and O–H groups in total. The third kappa shape index (κ3) is 2.98. The SMILES string of the molecule is CCCN1CCN(c2c(N)cccc2C(N)=O)CC1. The van der Waals surface area contributed by atoms with Crippen LogP contribution in [0.5, 0.6) is 0 Å². The Morgan fingerprint density at radius 1 is 1.26 bits per heavy atom. The molecule has 1 aliphatic rings. The second kappa shape index (κ2) is 5.93. The van der Waals surface area contributed by atoms with E-state index in [0.29, 0.717) is 11.3 Å². The van der Waals surface area contributed by atoms with Crippen LogP contribution in [0.25, 0.3) is 0 Å². The van der Waals surface area contributed by atoms with Crippen LogP contribution in [0.15, 0.2) is 18.2 Å². The van der Waals surface area contributed by atoms with Gasteiger partial charge in [0.25, 0.3) is 5.91 Å². The van der Waals surface area contributed by atoms with Gasteiger partial charge in [0, 0.05) is 26.2 Å². The Bertz CT molecular complexity index is 453. The molecule has 0 unspecified atom stereocenters. The maximum atomic E-state index is 11.5. The molecule has 19 heavy (non-hydrogen) atoms. The van der Waals surface area contributed by atoms with Crippen molar-refractivity contribution in [3.05, 3.63) is 23.8 Å². The zero-order valence-electron chi connectivity index (χ0n) is 11.4. The maximum Gasteiger partial charge on any atom is 0.250 e. The van der Waals surface area contributed by atoms with Gasteiger partial charge in [0.2, 0.25) is 0 Å². The molecule has 0 bridgehead atoms. The monoisotopic (exact) mass is 262 g/mol. The van der Waals surface area contributed by atoms with Crippen LogP contribution in [0.1, 0.15) is 23.7 Å². The number of rotatable bonds is 4.